The first kappa shape index (κ1) is 50.6. The number of fused-ring (bicyclic) bond motifs is 8. The van der Waals surface area contributed by atoms with Crippen molar-refractivity contribution in [2.45, 2.75) is 63.8 Å². The lowest BCUT2D eigenvalue weighted by molar-refractivity contribution is -0.144. The number of ether oxygens (including phenoxy) is 4. The van der Waals surface area contributed by atoms with Crippen LogP contribution in [0.5, 0.6) is 23.0 Å². The van der Waals surface area contributed by atoms with E-state index in [1.165, 1.54) is 14.2 Å². The number of methoxy groups -OCH3 is 2. The lowest BCUT2D eigenvalue weighted by Gasteiger charge is -2.25. The number of carbonyl (C=O) groups excluding carboxylic acids is 6. The van der Waals surface area contributed by atoms with E-state index in [1.54, 1.807) is 47.5 Å². The van der Waals surface area contributed by atoms with Crippen molar-refractivity contribution < 1.29 is 57.6 Å². The van der Waals surface area contributed by atoms with Crippen molar-refractivity contribution in [2.75, 3.05) is 60.8 Å². The molecule has 392 valence electrons. The summed E-state index contributed by atoms with van der Waals surface area (Å²) in [5.74, 6) is -2.99. The van der Waals surface area contributed by atoms with E-state index in [4.69, 9.17) is 23.9 Å². The number of benzene rings is 5. The van der Waals surface area contributed by atoms with Gasteiger partial charge in [0.2, 0.25) is 23.6 Å². The predicted octanol–water partition coefficient (Wildman–Crippen LogP) is 5.32. The number of hydrogen-bond acceptors (Lipinski definition) is 13. The fraction of sp³-hybridized carbons (Fsp3) is 0.321. The molecule has 1 fully saturated rings. The molecule has 0 spiro atoms. The quantitative estimate of drug-likeness (QED) is 0.0690. The van der Waals surface area contributed by atoms with Crippen LogP contribution < -0.4 is 55.3 Å². The number of carboxylic acid groups (broad SMARTS) is 1. The number of anilines is 4. The molecule has 4 aliphatic heterocycles. The third-order valence-corrected chi connectivity index (χ3v) is 14.4. The van der Waals surface area contributed by atoms with E-state index in [2.05, 4.69) is 26.6 Å². The number of carboxylic acids is 1. The zero-order chi connectivity index (χ0) is 53.0. The van der Waals surface area contributed by atoms with E-state index in [1.807, 2.05) is 59.5 Å². The minimum atomic E-state index is -0.880. The van der Waals surface area contributed by atoms with Gasteiger partial charge in [-0.1, -0.05) is 36.4 Å². The summed E-state index contributed by atoms with van der Waals surface area (Å²) in [6.45, 7) is -0.822. The van der Waals surface area contributed by atoms with Crippen molar-refractivity contribution in [2.24, 2.45) is 16.8 Å². The van der Waals surface area contributed by atoms with Gasteiger partial charge in [0.15, 0.2) is 23.0 Å². The van der Waals surface area contributed by atoms with E-state index in [0.29, 0.717) is 101 Å². The Balaban J connectivity index is 0.821. The van der Waals surface area contributed by atoms with Crippen molar-refractivity contribution in [1.82, 2.24) is 16.0 Å². The largest absolute Gasteiger partial charge is 0.493 e. The Bertz CT molecular complexity index is 3190. The average Bonchev–Trinajstić information content (AvgIpc) is 3.96. The summed E-state index contributed by atoms with van der Waals surface area (Å²) in [4.78, 5) is 98.9. The molecule has 20 nitrogen and oxygen atoms in total. The van der Waals surface area contributed by atoms with Crippen LogP contribution in [-0.2, 0) is 50.0 Å². The highest BCUT2D eigenvalue weighted by Crippen LogP contribution is 2.43. The second-order valence-electron chi connectivity index (χ2n) is 19.3. The Hall–Kier alpha value is -8.94. The molecule has 20 heteroatoms. The average molecular weight is 1030 g/mol. The second kappa shape index (κ2) is 21.9. The van der Waals surface area contributed by atoms with Gasteiger partial charge in [0.05, 0.1) is 74.4 Å². The molecule has 0 radical (unpaired) electrons. The molecule has 5 aromatic carbocycles. The normalized spacial score (nSPS) is 18.7. The van der Waals surface area contributed by atoms with Crippen LogP contribution >= 0.6 is 0 Å². The molecule has 0 bridgehead atoms. The molecule has 5 aliphatic rings. The molecule has 10 rings (SSSR count). The number of aliphatic imine (C=N–C) groups is 1. The van der Waals surface area contributed by atoms with Gasteiger partial charge in [-0.15, -0.1) is 0 Å². The number of para-hydroxylation sites is 2. The lowest BCUT2D eigenvalue weighted by Crippen LogP contribution is -2.44. The van der Waals surface area contributed by atoms with Crippen LogP contribution in [-0.4, -0.2) is 105 Å². The van der Waals surface area contributed by atoms with Crippen LogP contribution in [0.3, 0.4) is 0 Å². The summed E-state index contributed by atoms with van der Waals surface area (Å²) < 4.78 is 24.3. The summed E-state index contributed by atoms with van der Waals surface area (Å²) in [6, 6.07) is 27.3. The van der Waals surface area contributed by atoms with Crippen LogP contribution in [0.2, 0.25) is 0 Å². The second-order valence-corrected chi connectivity index (χ2v) is 19.3. The number of rotatable bonds is 17. The Kier molecular flexibility index (Phi) is 14.6. The smallest absolute Gasteiger partial charge is 0.306 e. The Morgan fingerprint density at radius 2 is 1.21 bits per heavy atom. The Morgan fingerprint density at radius 1 is 0.645 bits per heavy atom. The van der Waals surface area contributed by atoms with Crippen LogP contribution in [0.1, 0.15) is 68.7 Å². The van der Waals surface area contributed by atoms with Crippen LogP contribution in [0, 0.1) is 11.8 Å². The van der Waals surface area contributed by atoms with Gasteiger partial charge in [-0.25, -0.2) is 0 Å². The maximum Gasteiger partial charge on any atom is 0.306 e. The van der Waals surface area contributed by atoms with Gasteiger partial charge in [0.25, 0.3) is 11.8 Å². The number of carbonyl (C=O) groups is 7. The molecule has 6 N–H and O–H groups in total. The molecule has 0 saturated heterocycles. The minimum absolute atomic E-state index is 0.0234. The molecule has 1 saturated carbocycles. The van der Waals surface area contributed by atoms with Crippen LogP contribution in [0.4, 0.5) is 28.4 Å². The highest BCUT2D eigenvalue weighted by molar-refractivity contribution is 6.15. The van der Waals surface area contributed by atoms with Gasteiger partial charge in [-0.05, 0) is 96.8 Å². The maximum atomic E-state index is 14.1. The van der Waals surface area contributed by atoms with Gasteiger partial charge >= 0.3 is 5.97 Å². The minimum Gasteiger partial charge on any atom is -0.493 e. The van der Waals surface area contributed by atoms with E-state index in [-0.39, 0.29) is 49.6 Å². The van der Waals surface area contributed by atoms with Gasteiger partial charge < -0.3 is 55.5 Å². The summed E-state index contributed by atoms with van der Waals surface area (Å²) >= 11 is 0. The van der Waals surface area contributed by atoms with E-state index in [9.17, 15) is 38.7 Å². The van der Waals surface area contributed by atoms with Crippen molar-refractivity contribution in [3.63, 3.8) is 0 Å². The summed E-state index contributed by atoms with van der Waals surface area (Å²) in [7, 11) is 2.98. The highest BCUT2D eigenvalue weighted by Gasteiger charge is 2.39. The van der Waals surface area contributed by atoms with Gasteiger partial charge in [0, 0.05) is 54.3 Å². The van der Waals surface area contributed by atoms with E-state index < -0.39 is 48.6 Å². The number of aliphatic carboxylic acids is 1. The Labute approximate surface area is 437 Å². The molecule has 6 amide bonds. The molecule has 0 aromatic heterocycles. The predicted molar refractivity (Wildman–Crippen MR) is 280 cm³/mol. The molecule has 2 atom stereocenters. The standard InChI is InChI=1S/C56H56N8O12/c1-73-46-20-40-42(57-24-38-18-35-7-3-5-9-44(35)63(38)54(40)69)22-48(46)75-29-31-15-32(30-76-49-23-43-41(21-47(49)74-2)55(70)64-39(25-58-43)19-36-8-4-6-10-45(36)64)17-37(16-31)62-52(67)28-60-50(65)26-59-51(66)27-61-53(68)33-11-13-34(14-12-33)56(71)72/h3-10,15-17,20-24,33-34,38-39,58H,11-14,18-19,25-30H2,1-2H3,(H,59,66)(H,60,65)(H,61,68)(H,62,67)(H,71,72)/t33-,34-,38-,39-/m0/s1. The van der Waals surface area contributed by atoms with E-state index >= 15 is 0 Å². The molecule has 4 heterocycles. The molecular weight excluding hydrogens is 977 g/mol. The lowest BCUT2D eigenvalue weighted by atomic mass is 9.81. The number of amides is 6. The topological polar surface area (TPSA) is 256 Å². The zero-order valence-corrected chi connectivity index (χ0v) is 41.8. The first-order valence-corrected chi connectivity index (χ1v) is 25.1. The number of hydrogen-bond donors (Lipinski definition) is 6. The highest BCUT2D eigenvalue weighted by atomic mass is 16.5. The third-order valence-electron chi connectivity index (χ3n) is 14.4. The first-order chi connectivity index (χ1) is 36.8. The van der Waals surface area contributed by atoms with Gasteiger partial charge in [-0.3, -0.25) is 43.5 Å². The molecule has 5 aromatic rings. The summed E-state index contributed by atoms with van der Waals surface area (Å²) in [5, 5.41) is 22.9. The number of nitrogens with zero attached hydrogens (tertiary/aromatic N) is 3. The SMILES string of the molecule is COc1cc2c(cc1OCc1cc(COc3cc4c(cc3OC)C(=O)N3c5ccccc5C[C@H]3CN4)cc(NC(=O)CNC(=O)CNC(=O)CNC(=O)[C@H]3CC[C@H](C(=O)O)CC3)c1)N=C[C@@H]1Cc3ccccc3N1C2=O. The summed E-state index contributed by atoms with van der Waals surface area (Å²) in [6.07, 6.45) is 4.72. The monoisotopic (exact) mass is 1030 g/mol. The maximum absolute atomic E-state index is 14.1. The van der Waals surface area contributed by atoms with Gasteiger partial charge in [-0.2, -0.15) is 0 Å². The first-order valence-electron chi connectivity index (χ1n) is 25.1. The third kappa shape index (κ3) is 10.7. The molecule has 76 heavy (non-hydrogen) atoms. The van der Waals surface area contributed by atoms with Crippen molar-refractivity contribution >= 4 is 76.1 Å². The fourth-order valence-electron chi connectivity index (χ4n) is 10.5. The van der Waals surface area contributed by atoms with Crippen molar-refractivity contribution in [3.05, 3.63) is 124 Å². The zero-order valence-electron chi connectivity index (χ0n) is 41.8. The van der Waals surface area contributed by atoms with Crippen molar-refractivity contribution in [3.8, 4) is 23.0 Å². The number of nitrogens with one attached hydrogen (secondary N) is 5. The molecular formula is C56H56N8O12. The Morgan fingerprint density at radius 3 is 1.87 bits per heavy atom. The van der Waals surface area contributed by atoms with Crippen molar-refractivity contribution in [1.29, 1.82) is 0 Å². The van der Waals surface area contributed by atoms with Crippen LogP contribution in [0.15, 0.2) is 96.0 Å². The van der Waals surface area contributed by atoms with Crippen LogP contribution in [0.25, 0.3) is 0 Å². The fourth-order valence-corrected chi connectivity index (χ4v) is 10.5. The molecule has 0 unspecified atom stereocenters. The van der Waals surface area contributed by atoms with Gasteiger partial charge in [0.1, 0.15) is 13.2 Å². The van der Waals surface area contributed by atoms with E-state index in [0.717, 1.165) is 28.9 Å². The summed E-state index contributed by atoms with van der Waals surface area (Å²) in [5.41, 5.74) is 7.24. The molecule has 1 aliphatic carbocycles.